The number of hydrogen-bond acceptors (Lipinski definition) is 11. The van der Waals surface area contributed by atoms with Crippen molar-refractivity contribution in [2.75, 3.05) is 31.3 Å². The maximum Gasteiger partial charge on any atom is 0.277 e. The molecule has 60 heavy (non-hydrogen) atoms. The number of ether oxygens (including phenoxy) is 1. The first-order chi connectivity index (χ1) is 28.9. The number of nitrogens with zero attached hydrogens (tertiary/aromatic N) is 3. The molecule has 1 saturated heterocycles. The minimum Gasteiger partial charge on any atom is -0.484 e. The van der Waals surface area contributed by atoms with Gasteiger partial charge in [0.2, 0.25) is 17.8 Å². The molecule has 0 aliphatic carbocycles. The van der Waals surface area contributed by atoms with Gasteiger partial charge < -0.3 is 20.4 Å². The van der Waals surface area contributed by atoms with Crippen LogP contribution in [0, 0.1) is 0 Å². The first-order valence-corrected chi connectivity index (χ1v) is 20.9. The predicted molar refractivity (Wildman–Crippen MR) is 219 cm³/mol. The highest BCUT2D eigenvalue weighted by molar-refractivity contribution is 7.90. The van der Waals surface area contributed by atoms with Gasteiger partial charge in [0, 0.05) is 37.0 Å². The Morgan fingerprint density at radius 1 is 0.883 bits per heavy atom. The van der Waals surface area contributed by atoms with Crippen molar-refractivity contribution in [3.8, 4) is 23.0 Å². The van der Waals surface area contributed by atoms with Crippen molar-refractivity contribution in [2.45, 2.75) is 36.6 Å². The fourth-order valence-corrected chi connectivity index (χ4v) is 7.92. The number of rotatable bonds is 14. The average molecular weight is 831 g/mol. The average Bonchev–Trinajstić information content (AvgIpc) is 3.89. The summed E-state index contributed by atoms with van der Waals surface area (Å²) in [7, 11) is -3.42. The Bertz CT molecular complexity index is 2830. The summed E-state index contributed by atoms with van der Waals surface area (Å²) < 4.78 is 31.2. The Kier molecular flexibility index (Phi) is 10.6. The third-order valence-electron chi connectivity index (χ3n) is 10.3. The lowest BCUT2D eigenvalue weighted by atomic mass is 10.0. The Hall–Kier alpha value is -7.34. The van der Waals surface area contributed by atoms with E-state index in [1.807, 2.05) is 36.4 Å². The van der Waals surface area contributed by atoms with Crippen molar-refractivity contribution in [2.24, 2.45) is 0 Å². The number of hydrogen-bond donors (Lipinski definition) is 5. The van der Waals surface area contributed by atoms with Gasteiger partial charge in [-0.1, -0.05) is 42.5 Å². The smallest absolute Gasteiger partial charge is 0.277 e. The molecule has 0 radical (unpaired) electrons. The van der Waals surface area contributed by atoms with E-state index in [4.69, 9.17) is 4.74 Å². The normalized spacial score (nSPS) is 15.3. The number of nitrogens with one attached hydrogen (secondary N) is 5. The van der Waals surface area contributed by atoms with Crippen molar-refractivity contribution in [3.05, 3.63) is 124 Å². The first-order valence-electron chi connectivity index (χ1n) is 19.0. The lowest BCUT2D eigenvalue weighted by Crippen LogP contribution is -2.54. The number of aromatic amines is 2. The summed E-state index contributed by atoms with van der Waals surface area (Å²) in [6.07, 6.45) is 2.03. The highest BCUT2D eigenvalue weighted by Gasteiger charge is 2.45. The molecule has 2 aliphatic heterocycles. The van der Waals surface area contributed by atoms with Gasteiger partial charge in [0.25, 0.3) is 23.3 Å². The second-order valence-corrected chi connectivity index (χ2v) is 16.4. The van der Waals surface area contributed by atoms with Gasteiger partial charge in [0.15, 0.2) is 16.4 Å². The number of anilines is 1. The van der Waals surface area contributed by atoms with Crippen LogP contribution < -0.4 is 26.2 Å². The second kappa shape index (κ2) is 16.1. The number of carbonyl (C=O) groups is 5. The number of aromatic nitrogens is 4. The van der Waals surface area contributed by atoms with Crippen LogP contribution in [0.5, 0.6) is 5.75 Å². The topological polar surface area (TPSA) is 235 Å². The number of para-hydroxylation sites is 2. The van der Waals surface area contributed by atoms with Crippen LogP contribution in [0.3, 0.4) is 0 Å². The summed E-state index contributed by atoms with van der Waals surface area (Å²) in [5.41, 5.74) is 4.36. The molecule has 0 spiro atoms. The zero-order valence-corrected chi connectivity index (χ0v) is 32.9. The third-order valence-corrected chi connectivity index (χ3v) is 11.5. The molecule has 306 valence electrons. The number of H-pyrrole nitrogens is 2. The molecular formula is C42H38N8O9S. The maximum absolute atomic E-state index is 13.9. The zero-order valence-electron chi connectivity index (χ0n) is 32.1. The number of amides is 5. The molecule has 18 heteroatoms. The lowest BCUT2D eigenvalue weighted by molar-refractivity contribution is -0.136. The van der Waals surface area contributed by atoms with Gasteiger partial charge in [0.05, 0.1) is 32.7 Å². The fourth-order valence-electron chi connectivity index (χ4n) is 7.29. The molecule has 6 aromatic rings. The third kappa shape index (κ3) is 7.91. The van der Waals surface area contributed by atoms with E-state index >= 15 is 0 Å². The monoisotopic (exact) mass is 830 g/mol. The molecule has 5 amide bonds. The number of sulfone groups is 1. The number of piperidine rings is 1. The zero-order chi connectivity index (χ0) is 42.1. The van der Waals surface area contributed by atoms with Gasteiger partial charge >= 0.3 is 0 Å². The van der Waals surface area contributed by atoms with Crippen LogP contribution in [-0.2, 0) is 37.1 Å². The SMILES string of the molecule is CS(=O)(=O)c1ccc(-c2[nH]n(-c3nc4ccccc4[nH]3)c(=O)c2CCc2ccc(OCC(=O)NCCNc3cccc4c3C(=O)N(C3CCC(=O)NC3=O)C4=O)cc2)cc1. The molecular weight excluding hydrogens is 793 g/mol. The van der Waals surface area contributed by atoms with Gasteiger partial charge in [-0.15, -0.1) is 0 Å². The quantitative estimate of drug-likeness (QED) is 0.0791. The number of carbonyl (C=O) groups excluding carboxylic acids is 5. The first kappa shape index (κ1) is 39.5. The minimum atomic E-state index is -3.42. The molecule has 4 aromatic carbocycles. The summed E-state index contributed by atoms with van der Waals surface area (Å²) in [6, 6.07) is 24.6. The van der Waals surface area contributed by atoms with Crippen molar-refractivity contribution in [1.82, 2.24) is 35.3 Å². The van der Waals surface area contributed by atoms with Crippen LogP contribution in [0.25, 0.3) is 28.2 Å². The van der Waals surface area contributed by atoms with Crippen LogP contribution in [-0.4, -0.2) is 94.6 Å². The Morgan fingerprint density at radius 3 is 2.38 bits per heavy atom. The molecule has 17 nitrogen and oxygen atoms in total. The van der Waals surface area contributed by atoms with E-state index in [2.05, 4.69) is 31.0 Å². The van der Waals surface area contributed by atoms with E-state index in [1.54, 1.807) is 36.4 Å². The Morgan fingerprint density at radius 2 is 1.65 bits per heavy atom. The van der Waals surface area contributed by atoms with Crippen LogP contribution in [0.15, 0.2) is 101 Å². The van der Waals surface area contributed by atoms with Crippen LogP contribution >= 0.6 is 0 Å². The van der Waals surface area contributed by atoms with Crippen LogP contribution in [0.4, 0.5) is 5.69 Å². The van der Waals surface area contributed by atoms with Gasteiger partial charge in [-0.05, 0) is 78.9 Å². The van der Waals surface area contributed by atoms with E-state index in [-0.39, 0.29) is 60.0 Å². The van der Waals surface area contributed by atoms with E-state index in [0.717, 1.165) is 22.2 Å². The van der Waals surface area contributed by atoms with Gasteiger partial charge in [-0.3, -0.25) is 44.1 Å². The van der Waals surface area contributed by atoms with Gasteiger partial charge in [-0.25, -0.2) is 13.4 Å². The number of imidazole rings is 1. The van der Waals surface area contributed by atoms with E-state index in [0.29, 0.717) is 52.6 Å². The number of benzene rings is 4. The van der Waals surface area contributed by atoms with E-state index in [1.165, 1.54) is 22.9 Å². The predicted octanol–water partition coefficient (Wildman–Crippen LogP) is 2.91. The highest BCUT2D eigenvalue weighted by atomic mass is 32.2. The summed E-state index contributed by atoms with van der Waals surface area (Å²) in [4.78, 5) is 85.7. The molecule has 4 heterocycles. The molecule has 5 N–H and O–H groups in total. The van der Waals surface area contributed by atoms with E-state index in [9.17, 15) is 37.2 Å². The van der Waals surface area contributed by atoms with Crippen molar-refractivity contribution in [1.29, 1.82) is 0 Å². The lowest BCUT2D eigenvalue weighted by Gasteiger charge is -2.27. The molecule has 1 atom stereocenters. The molecule has 2 aliphatic rings. The molecule has 8 rings (SSSR count). The van der Waals surface area contributed by atoms with Gasteiger partial charge in [-0.2, -0.15) is 4.68 Å². The largest absolute Gasteiger partial charge is 0.484 e. The Labute approximate surface area is 342 Å². The molecule has 0 saturated carbocycles. The summed E-state index contributed by atoms with van der Waals surface area (Å²) in [6.45, 7) is 0.125. The van der Waals surface area contributed by atoms with Gasteiger partial charge in [0.1, 0.15) is 11.8 Å². The van der Waals surface area contributed by atoms with Crippen LogP contribution in [0.1, 0.15) is 44.7 Å². The summed E-state index contributed by atoms with van der Waals surface area (Å²) >= 11 is 0. The Balaban J connectivity index is 0.859. The minimum absolute atomic E-state index is 0.0197. The molecule has 1 fully saturated rings. The standard InChI is InChI=1S/C42H38N8O9S/c1-60(57,58)27-16-12-25(13-17-27)37-29(40(55)50(48-37)42-45-30-6-2-3-7-31(30)46-42)18-11-24-9-14-26(15-10-24)59-23-35(52)44-22-21-43-32-8-4-5-28-36(32)41(56)49(39(28)54)33-19-20-34(51)47-38(33)53/h2-10,12-17,33,43,48H,11,18-23H2,1H3,(H,44,52)(H,45,46)(H,47,51,53). The summed E-state index contributed by atoms with van der Waals surface area (Å²) in [5.74, 6) is -2.00. The van der Waals surface area contributed by atoms with Crippen molar-refractivity contribution in [3.63, 3.8) is 0 Å². The highest BCUT2D eigenvalue weighted by Crippen LogP contribution is 2.32. The number of aryl methyl sites for hydroxylation is 1. The molecule has 1 unspecified atom stereocenters. The number of imide groups is 2. The molecule has 2 aromatic heterocycles. The second-order valence-electron chi connectivity index (χ2n) is 14.4. The fraction of sp³-hybridized carbons (Fsp3) is 0.214. The summed E-state index contributed by atoms with van der Waals surface area (Å²) in [5, 5.41) is 11.2. The van der Waals surface area contributed by atoms with E-state index < -0.39 is 39.5 Å². The van der Waals surface area contributed by atoms with Crippen molar-refractivity contribution < 1.29 is 37.1 Å². The van der Waals surface area contributed by atoms with Crippen molar-refractivity contribution >= 4 is 56.1 Å². The van der Waals surface area contributed by atoms with Crippen LogP contribution in [0.2, 0.25) is 0 Å². The molecule has 0 bridgehead atoms. The number of fused-ring (bicyclic) bond motifs is 2. The maximum atomic E-state index is 13.9.